The molecule has 2 aromatic carbocycles. The third-order valence-electron chi connectivity index (χ3n) is 5.42. The zero-order valence-electron chi connectivity index (χ0n) is 17.4. The highest BCUT2D eigenvalue weighted by atomic mass is 16.2. The van der Waals surface area contributed by atoms with Gasteiger partial charge in [0.15, 0.2) is 5.82 Å². The van der Waals surface area contributed by atoms with Crippen molar-refractivity contribution in [2.45, 2.75) is 46.1 Å². The zero-order valence-corrected chi connectivity index (χ0v) is 17.4. The molecule has 1 aliphatic rings. The van der Waals surface area contributed by atoms with Gasteiger partial charge in [0.2, 0.25) is 5.91 Å². The third kappa shape index (κ3) is 3.70. The molecule has 1 atom stereocenters. The van der Waals surface area contributed by atoms with E-state index in [0.717, 1.165) is 11.3 Å². The van der Waals surface area contributed by atoms with Gasteiger partial charge in [0.25, 0.3) is 5.56 Å². The number of aromatic nitrogens is 2. The Morgan fingerprint density at radius 1 is 1.20 bits per heavy atom. The average molecular weight is 403 g/mol. The SMILES string of the molecule is CCCC(=O)Nn1c(C2CC(c3ccc(C)c(C)c3)=NN2)nc2ccccc2c1=O. The van der Waals surface area contributed by atoms with E-state index in [2.05, 4.69) is 48.0 Å². The van der Waals surface area contributed by atoms with Gasteiger partial charge in [0.05, 0.1) is 16.6 Å². The number of hydrogen-bond acceptors (Lipinski definition) is 5. The molecule has 3 aromatic rings. The first kappa shape index (κ1) is 19.8. The Labute approximate surface area is 174 Å². The molecule has 0 aliphatic carbocycles. The monoisotopic (exact) mass is 403 g/mol. The van der Waals surface area contributed by atoms with Crippen LogP contribution in [0.4, 0.5) is 0 Å². The Balaban J connectivity index is 1.72. The molecule has 2 heterocycles. The van der Waals surface area contributed by atoms with Crippen LogP contribution in [0.1, 0.15) is 54.7 Å². The number of benzene rings is 2. The van der Waals surface area contributed by atoms with Gasteiger partial charge in [0.1, 0.15) is 6.04 Å². The summed E-state index contributed by atoms with van der Waals surface area (Å²) in [5.74, 6) is 0.233. The highest BCUT2D eigenvalue weighted by molar-refractivity contribution is 6.02. The normalized spacial score (nSPS) is 15.7. The summed E-state index contributed by atoms with van der Waals surface area (Å²) in [7, 11) is 0. The fraction of sp³-hybridized carbons (Fsp3) is 0.304. The number of carbonyl (C=O) groups excluding carboxylic acids is 1. The lowest BCUT2D eigenvalue weighted by atomic mass is 9.99. The van der Waals surface area contributed by atoms with E-state index >= 15 is 0 Å². The van der Waals surface area contributed by atoms with Crippen molar-refractivity contribution in [1.82, 2.24) is 15.1 Å². The summed E-state index contributed by atoms with van der Waals surface area (Å²) in [4.78, 5) is 30.1. The van der Waals surface area contributed by atoms with Gasteiger partial charge < -0.3 is 0 Å². The minimum atomic E-state index is -0.319. The lowest BCUT2D eigenvalue weighted by molar-refractivity contribution is -0.117. The lowest BCUT2D eigenvalue weighted by Gasteiger charge is -2.18. The second-order valence-electron chi connectivity index (χ2n) is 7.66. The summed E-state index contributed by atoms with van der Waals surface area (Å²) in [6, 6.07) is 13.1. The number of nitrogens with one attached hydrogen (secondary N) is 2. The molecule has 1 aromatic heterocycles. The molecule has 0 fully saturated rings. The Morgan fingerprint density at radius 2 is 2.00 bits per heavy atom. The second kappa shape index (κ2) is 8.10. The van der Waals surface area contributed by atoms with Gasteiger partial charge in [-0.05, 0) is 55.2 Å². The standard InChI is InChI=1S/C23H25N5O2/c1-4-7-21(29)27-28-22(24-18-9-6-5-8-17(18)23(28)30)20-13-19(25-26-20)16-11-10-14(2)15(3)12-16/h5-6,8-12,20,26H,4,7,13H2,1-3H3,(H,27,29). The van der Waals surface area contributed by atoms with Crippen molar-refractivity contribution in [2.24, 2.45) is 5.10 Å². The summed E-state index contributed by atoms with van der Waals surface area (Å²) < 4.78 is 1.27. The Bertz CT molecular complexity index is 1210. The molecule has 4 rings (SSSR count). The van der Waals surface area contributed by atoms with Crippen LogP contribution in [0.2, 0.25) is 0 Å². The van der Waals surface area contributed by atoms with Crippen LogP contribution >= 0.6 is 0 Å². The van der Waals surface area contributed by atoms with Crippen LogP contribution < -0.4 is 16.4 Å². The molecule has 7 heteroatoms. The number of hydrazone groups is 1. The quantitative estimate of drug-likeness (QED) is 0.684. The Hall–Kier alpha value is -3.48. The molecule has 0 spiro atoms. The first-order valence-corrected chi connectivity index (χ1v) is 10.2. The van der Waals surface area contributed by atoms with Crippen molar-refractivity contribution in [1.29, 1.82) is 0 Å². The van der Waals surface area contributed by atoms with Crippen molar-refractivity contribution in [2.75, 3.05) is 5.43 Å². The van der Waals surface area contributed by atoms with Crippen molar-refractivity contribution < 1.29 is 4.79 Å². The fourth-order valence-electron chi connectivity index (χ4n) is 3.59. The molecule has 0 saturated heterocycles. The van der Waals surface area contributed by atoms with Gasteiger partial charge in [0, 0.05) is 12.8 Å². The van der Waals surface area contributed by atoms with E-state index in [4.69, 9.17) is 4.98 Å². The van der Waals surface area contributed by atoms with Gasteiger partial charge in [-0.1, -0.05) is 31.2 Å². The highest BCUT2D eigenvalue weighted by Gasteiger charge is 2.27. The van der Waals surface area contributed by atoms with Crippen LogP contribution in [0, 0.1) is 13.8 Å². The molecule has 0 saturated carbocycles. The van der Waals surface area contributed by atoms with Crippen LogP contribution in [0.3, 0.4) is 0 Å². The van der Waals surface area contributed by atoms with E-state index in [1.165, 1.54) is 15.8 Å². The summed E-state index contributed by atoms with van der Waals surface area (Å²) in [6.07, 6.45) is 1.59. The van der Waals surface area contributed by atoms with Gasteiger partial charge in [-0.25, -0.2) is 9.66 Å². The molecule has 0 bridgehead atoms. The number of fused-ring (bicyclic) bond motifs is 1. The van der Waals surface area contributed by atoms with E-state index in [0.29, 0.717) is 36.0 Å². The lowest BCUT2D eigenvalue weighted by Crippen LogP contribution is -2.38. The molecule has 7 nitrogen and oxygen atoms in total. The van der Waals surface area contributed by atoms with Gasteiger partial charge in [-0.2, -0.15) is 5.10 Å². The number of aryl methyl sites for hydroxylation is 2. The van der Waals surface area contributed by atoms with Crippen LogP contribution in [0.5, 0.6) is 0 Å². The predicted molar refractivity (Wildman–Crippen MR) is 118 cm³/mol. The van der Waals surface area contributed by atoms with Crippen LogP contribution in [0.15, 0.2) is 52.4 Å². The molecular weight excluding hydrogens is 378 g/mol. The second-order valence-corrected chi connectivity index (χ2v) is 7.66. The van der Waals surface area contributed by atoms with E-state index in [1.54, 1.807) is 18.2 Å². The summed E-state index contributed by atoms with van der Waals surface area (Å²) in [6.45, 7) is 6.07. The first-order chi connectivity index (χ1) is 14.5. The molecule has 2 N–H and O–H groups in total. The smallest absolute Gasteiger partial charge is 0.280 e. The zero-order chi connectivity index (χ0) is 21.3. The number of para-hydroxylation sites is 1. The summed E-state index contributed by atoms with van der Waals surface area (Å²) in [5.41, 5.74) is 10.5. The number of hydrogen-bond donors (Lipinski definition) is 2. The molecular formula is C23H25N5O2. The number of rotatable bonds is 5. The van der Waals surface area contributed by atoms with Crippen LogP contribution in [-0.2, 0) is 4.79 Å². The number of carbonyl (C=O) groups is 1. The minimum absolute atomic E-state index is 0.216. The molecule has 1 amide bonds. The molecule has 0 radical (unpaired) electrons. The maximum atomic E-state index is 13.1. The first-order valence-electron chi connectivity index (χ1n) is 10.2. The molecule has 1 unspecified atom stereocenters. The minimum Gasteiger partial charge on any atom is -0.299 e. The van der Waals surface area contributed by atoms with Crippen molar-refractivity contribution in [3.63, 3.8) is 0 Å². The summed E-state index contributed by atoms with van der Waals surface area (Å²) >= 11 is 0. The highest BCUT2D eigenvalue weighted by Crippen LogP contribution is 2.24. The predicted octanol–water partition coefficient (Wildman–Crippen LogP) is 3.32. The molecule has 30 heavy (non-hydrogen) atoms. The van der Waals surface area contributed by atoms with E-state index in [-0.39, 0.29) is 17.5 Å². The van der Waals surface area contributed by atoms with E-state index < -0.39 is 0 Å². The van der Waals surface area contributed by atoms with Crippen molar-refractivity contribution in [3.8, 4) is 0 Å². The van der Waals surface area contributed by atoms with Crippen molar-refractivity contribution >= 4 is 22.5 Å². The van der Waals surface area contributed by atoms with Gasteiger partial charge in [-0.3, -0.25) is 20.4 Å². The number of amides is 1. The van der Waals surface area contributed by atoms with E-state index in [9.17, 15) is 9.59 Å². The van der Waals surface area contributed by atoms with Crippen LogP contribution in [-0.4, -0.2) is 21.3 Å². The fourth-order valence-corrected chi connectivity index (χ4v) is 3.59. The summed E-state index contributed by atoms with van der Waals surface area (Å²) in [5, 5.41) is 4.96. The van der Waals surface area contributed by atoms with Crippen LogP contribution in [0.25, 0.3) is 10.9 Å². The van der Waals surface area contributed by atoms with E-state index in [1.807, 2.05) is 13.0 Å². The molecule has 154 valence electrons. The topological polar surface area (TPSA) is 88.4 Å². The molecule has 1 aliphatic heterocycles. The van der Waals surface area contributed by atoms with Gasteiger partial charge >= 0.3 is 0 Å². The van der Waals surface area contributed by atoms with Gasteiger partial charge in [-0.15, -0.1) is 0 Å². The average Bonchev–Trinajstić information content (AvgIpc) is 3.22. The van der Waals surface area contributed by atoms with Crippen molar-refractivity contribution in [3.05, 3.63) is 75.3 Å². The Morgan fingerprint density at radius 3 is 2.77 bits per heavy atom. The largest absolute Gasteiger partial charge is 0.299 e. The maximum Gasteiger partial charge on any atom is 0.280 e. The third-order valence-corrected chi connectivity index (χ3v) is 5.42. The Kier molecular flexibility index (Phi) is 5.35. The maximum absolute atomic E-state index is 13.1. The number of nitrogens with zero attached hydrogens (tertiary/aromatic N) is 3.